The van der Waals surface area contributed by atoms with Gasteiger partial charge in [0, 0.05) is 17.6 Å². The third kappa shape index (κ3) is 3.61. The first-order valence-electron chi connectivity index (χ1n) is 8.93. The molecule has 1 saturated carbocycles. The van der Waals surface area contributed by atoms with Crippen LogP contribution in [0, 0.1) is 0 Å². The summed E-state index contributed by atoms with van der Waals surface area (Å²) < 4.78 is 40.6. The molecule has 0 bridgehead atoms. The second-order valence-corrected chi connectivity index (χ2v) is 7.06. The Kier molecular flexibility index (Phi) is 5.18. The Morgan fingerprint density at radius 1 is 1.21 bits per heavy atom. The number of aromatic nitrogens is 2. The highest BCUT2D eigenvalue weighted by atomic mass is 19.4. The largest absolute Gasteiger partial charge is 0.478 e. The first-order chi connectivity index (χ1) is 13.1. The van der Waals surface area contributed by atoms with Crippen molar-refractivity contribution in [3.63, 3.8) is 0 Å². The number of rotatable bonds is 5. The molecule has 0 atom stereocenters. The van der Waals surface area contributed by atoms with Crippen LogP contribution in [0.4, 0.5) is 13.2 Å². The van der Waals surface area contributed by atoms with Crippen LogP contribution >= 0.6 is 0 Å². The first-order valence-corrected chi connectivity index (χ1v) is 8.93. The quantitative estimate of drug-likeness (QED) is 0.831. The molecule has 1 heterocycles. The van der Waals surface area contributed by atoms with E-state index in [4.69, 9.17) is 5.11 Å². The summed E-state index contributed by atoms with van der Waals surface area (Å²) in [6.45, 7) is 3.86. The minimum Gasteiger partial charge on any atom is -0.478 e. The molecule has 1 aromatic heterocycles. The summed E-state index contributed by atoms with van der Waals surface area (Å²) >= 11 is 0. The molecular weight excluding hydrogens is 375 g/mol. The number of carboxylic acid groups (broad SMARTS) is 1. The lowest BCUT2D eigenvalue weighted by Crippen LogP contribution is -2.48. The van der Waals surface area contributed by atoms with Crippen LogP contribution in [0.25, 0.3) is 5.69 Å². The van der Waals surface area contributed by atoms with Gasteiger partial charge < -0.3 is 10.0 Å². The average molecular weight is 395 g/mol. The van der Waals surface area contributed by atoms with Crippen molar-refractivity contribution < 1.29 is 27.9 Å². The van der Waals surface area contributed by atoms with Gasteiger partial charge in [-0.3, -0.25) is 4.79 Å². The third-order valence-electron chi connectivity index (χ3n) is 4.89. The highest BCUT2D eigenvalue weighted by Crippen LogP contribution is 2.34. The molecule has 0 radical (unpaired) electrons. The molecule has 0 unspecified atom stereocenters. The van der Waals surface area contributed by atoms with Gasteiger partial charge >= 0.3 is 12.1 Å². The number of amides is 1. The summed E-state index contributed by atoms with van der Waals surface area (Å²) in [6.07, 6.45) is -1.26. The van der Waals surface area contributed by atoms with Gasteiger partial charge in [0.05, 0.1) is 11.9 Å². The molecular formula is C19H20F3N3O3. The van der Waals surface area contributed by atoms with Crippen LogP contribution in [0.3, 0.4) is 0 Å². The van der Waals surface area contributed by atoms with Crippen molar-refractivity contribution >= 4 is 11.9 Å². The van der Waals surface area contributed by atoms with Crippen LogP contribution in [-0.4, -0.2) is 43.7 Å². The Bertz CT molecular complexity index is 884. The first kappa shape index (κ1) is 19.9. The molecule has 3 rings (SSSR count). The Morgan fingerprint density at radius 2 is 1.82 bits per heavy atom. The predicted octanol–water partition coefficient (Wildman–Crippen LogP) is 3.99. The summed E-state index contributed by atoms with van der Waals surface area (Å²) in [5, 5.41) is 12.6. The highest BCUT2D eigenvalue weighted by molar-refractivity contribution is 5.95. The minimum absolute atomic E-state index is 0.0125. The van der Waals surface area contributed by atoms with Crippen LogP contribution in [0.15, 0.2) is 30.5 Å². The van der Waals surface area contributed by atoms with Gasteiger partial charge in [0.1, 0.15) is 5.56 Å². The standard InChI is InChI=1S/C19H20F3N3O3/c1-11(2)24(13-4-3-5-13)17(26)12-6-8-14(9-7-12)25-16(19(20,21)22)15(10-23-25)18(27)28/h6-11,13H,3-5H2,1-2H3,(H,27,28). The topological polar surface area (TPSA) is 75.4 Å². The molecule has 1 fully saturated rings. The average Bonchev–Trinajstić information content (AvgIpc) is 3.03. The lowest BCUT2D eigenvalue weighted by Gasteiger charge is -2.40. The van der Waals surface area contributed by atoms with E-state index in [0.29, 0.717) is 16.4 Å². The predicted molar refractivity (Wildman–Crippen MR) is 94.5 cm³/mol. The molecule has 1 N–H and O–H groups in total. The SMILES string of the molecule is CC(C)N(C(=O)c1ccc(-n2ncc(C(=O)O)c2C(F)(F)F)cc1)C1CCC1. The molecule has 2 aromatic rings. The zero-order chi connectivity index (χ0) is 20.6. The molecule has 150 valence electrons. The van der Waals surface area contributed by atoms with E-state index in [9.17, 15) is 22.8 Å². The van der Waals surface area contributed by atoms with Crippen molar-refractivity contribution in [1.29, 1.82) is 0 Å². The number of carbonyl (C=O) groups excluding carboxylic acids is 1. The van der Waals surface area contributed by atoms with E-state index in [0.717, 1.165) is 19.3 Å². The van der Waals surface area contributed by atoms with Gasteiger partial charge in [-0.2, -0.15) is 18.3 Å². The second-order valence-electron chi connectivity index (χ2n) is 7.06. The number of nitrogens with zero attached hydrogens (tertiary/aromatic N) is 3. The van der Waals surface area contributed by atoms with Crippen LogP contribution in [0.1, 0.15) is 59.5 Å². The number of aromatic carboxylic acids is 1. The summed E-state index contributed by atoms with van der Waals surface area (Å²) in [7, 11) is 0. The summed E-state index contributed by atoms with van der Waals surface area (Å²) in [6, 6.07) is 5.75. The number of carboxylic acids is 1. The van der Waals surface area contributed by atoms with Gasteiger partial charge in [-0.15, -0.1) is 0 Å². The maximum Gasteiger partial charge on any atom is 0.434 e. The van der Waals surface area contributed by atoms with Crippen molar-refractivity contribution in [2.24, 2.45) is 0 Å². The molecule has 0 spiro atoms. The maximum absolute atomic E-state index is 13.3. The van der Waals surface area contributed by atoms with Gasteiger partial charge in [-0.05, 0) is 57.4 Å². The smallest absolute Gasteiger partial charge is 0.434 e. The van der Waals surface area contributed by atoms with E-state index in [1.807, 2.05) is 13.8 Å². The Hall–Kier alpha value is -2.84. The fourth-order valence-electron chi connectivity index (χ4n) is 3.35. The molecule has 1 aliphatic rings. The van der Waals surface area contributed by atoms with Crippen LogP contribution in [-0.2, 0) is 6.18 Å². The van der Waals surface area contributed by atoms with E-state index in [2.05, 4.69) is 5.10 Å². The molecule has 1 amide bonds. The van der Waals surface area contributed by atoms with Gasteiger partial charge in [0.2, 0.25) is 0 Å². The number of benzene rings is 1. The maximum atomic E-state index is 13.3. The van der Waals surface area contributed by atoms with Crippen molar-refractivity contribution in [3.05, 3.63) is 47.3 Å². The van der Waals surface area contributed by atoms with E-state index in [1.54, 1.807) is 4.90 Å². The second kappa shape index (κ2) is 7.29. The van der Waals surface area contributed by atoms with Gasteiger partial charge in [0.15, 0.2) is 5.69 Å². The van der Waals surface area contributed by atoms with Crippen molar-refractivity contribution in [2.45, 2.75) is 51.4 Å². The summed E-state index contributed by atoms with van der Waals surface area (Å²) in [5.41, 5.74) is -1.90. The zero-order valence-electron chi connectivity index (χ0n) is 15.4. The third-order valence-corrected chi connectivity index (χ3v) is 4.89. The fraction of sp³-hybridized carbons (Fsp3) is 0.421. The molecule has 6 nitrogen and oxygen atoms in total. The molecule has 1 aliphatic carbocycles. The van der Waals surface area contributed by atoms with Crippen LogP contribution < -0.4 is 0 Å². The number of halogens is 3. The highest BCUT2D eigenvalue weighted by Gasteiger charge is 2.40. The zero-order valence-corrected chi connectivity index (χ0v) is 15.4. The lowest BCUT2D eigenvalue weighted by atomic mass is 9.90. The number of hydrogen-bond donors (Lipinski definition) is 1. The Balaban J connectivity index is 1.93. The number of carbonyl (C=O) groups is 2. The Morgan fingerprint density at radius 3 is 2.25 bits per heavy atom. The van der Waals surface area contributed by atoms with Gasteiger partial charge in [-0.1, -0.05) is 0 Å². The fourth-order valence-corrected chi connectivity index (χ4v) is 3.35. The van der Waals surface area contributed by atoms with Crippen molar-refractivity contribution in [3.8, 4) is 5.69 Å². The van der Waals surface area contributed by atoms with E-state index < -0.39 is 23.4 Å². The summed E-state index contributed by atoms with van der Waals surface area (Å²) in [4.78, 5) is 25.7. The van der Waals surface area contributed by atoms with E-state index in [-0.39, 0.29) is 23.7 Å². The van der Waals surface area contributed by atoms with Crippen molar-refractivity contribution in [1.82, 2.24) is 14.7 Å². The van der Waals surface area contributed by atoms with Crippen LogP contribution in [0.2, 0.25) is 0 Å². The van der Waals surface area contributed by atoms with Gasteiger partial charge in [-0.25, -0.2) is 9.48 Å². The molecule has 9 heteroatoms. The Labute approximate surface area is 159 Å². The summed E-state index contributed by atoms with van der Waals surface area (Å²) in [5.74, 6) is -1.88. The van der Waals surface area contributed by atoms with Crippen molar-refractivity contribution in [2.75, 3.05) is 0 Å². The van der Waals surface area contributed by atoms with Crippen LogP contribution in [0.5, 0.6) is 0 Å². The normalized spacial score (nSPS) is 14.8. The molecule has 1 aromatic carbocycles. The number of hydrogen-bond acceptors (Lipinski definition) is 3. The monoisotopic (exact) mass is 395 g/mol. The van der Waals surface area contributed by atoms with Gasteiger partial charge in [0.25, 0.3) is 5.91 Å². The number of alkyl halides is 3. The molecule has 0 saturated heterocycles. The lowest BCUT2D eigenvalue weighted by molar-refractivity contribution is -0.143. The molecule has 28 heavy (non-hydrogen) atoms. The minimum atomic E-state index is -4.89. The van der Waals surface area contributed by atoms with E-state index in [1.165, 1.54) is 24.3 Å². The molecule has 0 aliphatic heterocycles. The van der Waals surface area contributed by atoms with E-state index >= 15 is 0 Å².